The van der Waals surface area contributed by atoms with Crippen LogP contribution >= 0.6 is 0 Å². The van der Waals surface area contributed by atoms with Crippen LogP contribution in [-0.2, 0) is 16.0 Å². The van der Waals surface area contributed by atoms with Crippen molar-refractivity contribution in [2.75, 3.05) is 13.2 Å². The van der Waals surface area contributed by atoms with Crippen molar-refractivity contribution >= 4 is 0 Å². The monoisotopic (exact) mass is 297 g/mol. The Bertz CT molecular complexity index is 609. The lowest BCUT2D eigenvalue weighted by Crippen LogP contribution is -2.35. The number of H-pyrrole nitrogens is 1. The molecule has 0 radical (unpaired) electrons. The van der Waals surface area contributed by atoms with Gasteiger partial charge in [0.1, 0.15) is 12.3 Å². The summed E-state index contributed by atoms with van der Waals surface area (Å²) in [5, 5.41) is 9.32. The summed E-state index contributed by atoms with van der Waals surface area (Å²) in [6, 6.07) is 0. The van der Waals surface area contributed by atoms with Crippen molar-refractivity contribution in [2.45, 2.75) is 31.4 Å². The van der Waals surface area contributed by atoms with Crippen LogP contribution < -0.4 is 17.0 Å². The van der Waals surface area contributed by atoms with Gasteiger partial charge in [0.15, 0.2) is 0 Å². The van der Waals surface area contributed by atoms with E-state index in [2.05, 4.69) is 11.6 Å². The van der Waals surface area contributed by atoms with E-state index in [1.807, 2.05) is 0 Å². The summed E-state index contributed by atoms with van der Waals surface area (Å²) in [6.45, 7) is 3.68. The molecular weight excluding hydrogens is 278 g/mol. The standard InChI is InChI=1S/C13H19N3O5/c1-2-3-20-9-4-11(21-10(9)7-17)16-6-8(5-14)12(18)15-13(16)19/h2,6,9-11,17H,1,3-5,7,14H2,(H,15,18,19). The molecule has 0 saturated carbocycles. The predicted molar refractivity (Wildman–Crippen MR) is 74.8 cm³/mol. The first kappa shape index (κ1) is 15.6. The van der Waals surface area contributed by atoms with Crippen molar-refractivity contribution in [3.63, 3.8) is 0 Å². The largest absolute Gasteiger partial charge is 0.394 e. The Morgan fingerprint density at radius 2 is 2.38 bits per heavy atom. The summed E-state index contributed by atoms with van der Waals surface area (Å²) in [7, 11) is 0. The van der Waals surface area contributed by atoms with E-state index < -0.39 is 23.6 Å². The Balaban J connectivity index is 2.25. The SMILES string of the molecule is C=CCOC1CC(n2cc(CN)c(=O)[nH]c2=O)OC1CO. The Labute approximate surface area is 120 Å². The Hall–Kier alpha value is -1.74. The van der Waals surface area contributed by atoms with Gasteiger partial charge in [-0.3, -0.25) is 14.3 Å². The maximum atomic E-state index is 11.9. The topological polar surface area (TPSA) is 120 Å². The molecule has 2 rings (SSSR count). The minimum atomic E-state index is -0.619. The third-order valence-electron chi connectivity index (χ3n) is 3.36. The van der Waals surface area contributed by atoms with Crippen molar-refractivity contribution < 1.29 is 14.6 Å². The number of nitrogens with zero attached hydrogens (tertiary/aromatic N) is 1. The zero-order valence-electron chi connectivity index (χ0n) is 11.5. The van der Waals surface area contributed by atoms with Crippen molar-refractivity contribution in [2.24, 2.45) is 5.73 Å². The number of hydrogen-bond donors (Lipinski definition) is 3. The van der Waals surface area contributed by atoms with Gasteiger partial charge in [-0.1, -0.05) is 6.08 Å². The molecule has 0 spiro atoms. The first-order valence-corrected chi connectivity index (χ1v) is 6.64. The molecule has 1 aliphatic rings. The lowest BCUT2D eigenvalue weighted by Gasteiger charge is -2.15. The summed E-state index contributed by atoms with van der Waals surface area (Å²) in [4.78, 5) is 25.6. The van der Waals surface area contributed by atoms with E-state index in [0.717, 1.165) is 0 Å². The van der Waals surface area contributed by atoms with Crippen LogP contribution in [-0.4, -0.2) is 40.1 Å². The van der Waals surface area contributed by atoms with Gasteiger partial charge >= 0.3 is 5.69 Å². The molecule has 116 valence electrons. The van der Waals surface area contributed by atoms with Crippen molar-refractivity contribution in [3.05, 3.63) is 45.3 Å². The number of aliphatic hydroxyl groups excluding tert-OH is 1. The molecule has 0 bridgehead atoms. The predicted octanol–water partition coefficient (Wildman–Crippen LogP) is -1.15. The fourth-order valence-corrected chi connectivity index (χ4v) is 2.29. The molecule has 21 heavy (non-hydrogen) atoms. The molecule has 1 aromatic rings. The van der Waals surface area contributed by atoms with E-state index in [1.165, 1.54) is 10.8 Å². The zero-order chi connectivity index (χ0) is 15.4. The number of aliphatic hydroxyl groups is 1. The van der Waals surface area contributed by atoms with E-state index in [0.29, 0.717) is 13.0 Å². The number of nitrogens with two attached hydrogens (primary N) is 1. The second-order valence-corrected chi connectivity index (χ2v) is 4.73. The second-order valence-electron chi connectivity index (χ2n) is 4.73. The molecule has 1 aromatic heterocycles. The van der Waals surface area contributed by atoms with Gasteiger partial charge in [-0.05, 0) is 0 Å². The average Bonchev–Trinajstić information content (AvgIpc) is 2.88. The highest BCUT2D eigenvalue weighted by Gasteiger charge is 2.37. The molecule has 8 heteroatoms. The lowest BCUT2D eigenvalue weighted by molar-refractivity contribution is -0.0582. The van der Waals surface area contributed by atoms with E-state index in [9.17, 15) is 14.7 Å². The Morgan fingerprint density at radius 1 is 1.62 bits per heavy atom. The quantitative estimate of drug-likeness (QED) is 0.570. The van der Waals surface area contributed by atoms with Gasteiger partial charge in [-0.2, -0.15) is 0 Å². The van der Waals surface area contributed by atoms with Crippen LogP contribution in [0.15, 0.2) is 28.4 Å². The first-order chi connectivity index (χ1) is 10.1. The Kier molecular flexibility index (Phi) is 5.07. The van der Waals surface area contributed by atoms with Crippen molar-refractivity contribution in [1.82, 2.24) is 9.55 Å². The van der Waals surface area contributed by atoms with Gasteiger partial charge in [0.2, 0.25) is 0 Å². The summed E-state index contributed by atoms with van der Waals surface area (Å²) in [5.74, 6) is 0. The first-order valence-electron chi connectivity index (χ1n) is 6.64. The highest BCUT2D eigenvalue weighted by molar-refractivity contribution is 5.04. The van der Waals surface area contributed by atoms with Crippen molar-refractivity contribution in [3.8, 4) is 0 Å². The van der Waals surface area contributed by atoms with Crippen LogP contribution in [0.5, 0.6) is 0 Å². The molecule has 3 atom stereocenters. The zero-order valence-corrected chi connectivity index (χ0v) is 11.5. The van der Waals surface area contributed by atoms with Crippen molar-refractivity contribution in [1.29, 1.82) is 0 Å². The fourth-order valence-electron chi connectivity index (χ4n) is 2.29. The second kappa shape index (κ2) is 6.81. The fraction of sp³-hybridized carbons (Fsp3) is 0.538. The molecule has 8 nitrogen and oxygen atoms in total. The lowest BCUT2D eigenvalue weighted by atomic mass is 10.2. The summed E-state index contributed by atoms with van der Waals surface area (Å²) in [5.41, 5.74) is 4.66. The molecule has 0 aromatic carbocycles. The highest BCUT2D eigenvalue weighted by Crippen LogP contribution is 2.29. The molecule has 0 amide bonds. The van der Waals surface area contributed by atoms with Gasteiger partial charge < -0.3 is 20.3 Å². The van der Waals surface area contributed by atoms with Gasteiger partial charge in [-0.25, -0.2) is 4.79 Å². The molecule has 2 heterocycles. The van der Waals surface area contributed by atoms with Crippen LogP contribution in [0.4, 0.5) is 0 Å². The van der Waals surface area contributed by atoms with Gasteiger partial charge in [0.25, 0.3) is 5.56 Å². The number of hydrogen-bond acceptors (Lipinski definition) is 6. The molecule has 1 saturated heterocycles. The van der Waals surface area contributed by atoms with E-state index in [1.54, 1.807) is 6.08 Å². The minimum absolute atomic E-state index is 0.0160. The summed E-state index contributed by atoms with van der Waals surface area (Å²) >= 11 is 0. The van der Waals surface area contributed by atoms with Crippen LogP contribution in [0.25, 0.3) is 0 Å². The summed E-state index contributed by atoms with van der Waals surface area (Å²) in [6.07, 6.45) is 1.87. The third kappa shape index (κ3) is 3.30. The minimum Gasteiger partial charge on any atom is -0.394 e. The molecule has 1 fully saturated rings. The average molecular weight is 297 g/mol. The van der Waals surface area contributed by atoms with E-state index >= 15 is 0 Å². The van der Waals surface area contributed by atoms with E-state index in [4.69, 9.17) is 15.2 Å². The smallest absolute Gasteiger partial charge is 0.330 e. The van der Waals surface area contributed by atoms with Gasteiger partial charge in [-0.15, -0.1) is 6.58 Å². The number of nitrogens with one attached hydrogen (secondary N) is 1. The normalized spacial score (nSPS) is 25.1. The van der Waals surface area contributed by atoms with Crippen LogP contribution in [0, 0.1) is 0 Å². The van der Waals surface area contributed by atoms with Crippen LogP contribution in [0.3, 0.4) is 0 Å². The van der Waals surface area contributed by atoms with Gasteiger partial charge in [0.05, 0.1) is 19.3 Å². The molecule has 4 N–H and O–H groups in total. The number of aromatic nitrogens is 2. The number of rotatable bonds is 6. The number of ether oxygens (including phenoxy) is 2. The number of aromatic amines is 1. The van der Waals surface area contributed by atoms with Gasteiger partial charge in [0, 0.05) is 24.7 Å². The van der Waals surface area contributed by atoms with Crippen LogP contribution in [0.2, 0.25) is 0 Å². The van der Waals surface area contributed by atoms with Crippen LogP contribution in [0.1, 0.15) is 18.2 Å². The molecule has 3 unspecified atom stereocenters. The maximum absolute atomic E-state index is 11.9. The molecule has 0 aliphatic carbocycles. The third-order valence-corrected chi connectivity index (χ3v) is 3.36. The highest BCUT2D eigenvalue weighted by atomic mass is 16.6. The Morgan fingerprint density at radius 3 is 3.00 bits per heavy atom. The maximum Gasteiger partial charge on any atom is 0.330 e. The van der Waals surface area contributed by atoms with E-state index in [-0.39, 0.29) is 24.8 Å². The molecule has 1 aliphatic heterocycles. The summed E-state index contributed by atoms with van der Waals surface area (Å²) < 4.78 is 12.4. The molecular formula is C13H19N3O5.